The molecule has 33 heavy (non-hydrogen) atoms. The van der Waals surface area contributed by atoms with Crippen molar-refractivity contribution >= 4 is 0 Å². The predicted molar refractivity (Wildman–Crippen MR) is 131 cm³/mol. The highest BCUT2D eigenvalue weighted by Crippen LogP contribution is 2.68. The highest BCUT2D eigenvalue weighted by molar-refractivity contribution is 5.22. The van der Waals surface area contributed by atoms with Crippen molar-refractivity contribution in [1.29, 1.82) is 5.26 Å². The van der Waals surface area contributed by atoms with Crippen LogP contribution in [-0.2, 0) is 6.54 Å². The monoisotopic (exact) mass is 451 g/mol. The van der Waals surface area contributed by atoms with Gasteiger partial charge in [-0.15, -0.1) is 0 Å². The summed E-state index contributed by atoms with van der Waals surface area (Å²) < 4.78 is 1.78. The molecule has 4 aliphatic rings. The number of rotatable bonds is 4. The second kappa shape index (κ2) is 8.11. The molecule has 0 aliphatic heterocycles. The van der Waals surface area contributed by atoms with Crippen LogP contribution in [0.15, 0.2) is 12.4 Å². The fraction of sp³-hybridized carbons (Fsp3) is 0.862. The molecule has 4 heteroatoms. The molecule has 0 aromatic carbocycles. The minimum absolute atomic E-state index is 0.218. The molecule has 1 aromatic rings. The van der Waals surface area contributed by atoms with Gasteiger partial charge in [-0.25, -0.2) is 0 Å². The van der Waals surface area contributed by atoms with E-state index in [-0.39, 0.29) is 5.41 Å². The van der Waals surface area contributed by atoms with E-state index in [9.17, 15) is 5.11 Å². The Morgan fingerprint density at radius 3 is 2.61 bits per heavy atom. The second-order valence-electron chi connectivity index (χ2n) is 13.4. The average molecular weight is 452 g/mol. The van der Waals surface area contributed by atoms with Gasteiger partial charge in [0.05, 0.1) is 23.9 Å². The molecule has 5 rings (SSSR count). The molecule has 4 saturated carbocycles. The van der Waals surface area contributed by atoms with Gasteiger partial charge in [-0.1, -0.05) is 34.1 Å². The first kappa shape index (κ1) is 23.4. The summed E-state index contributed by atoms with van der Waals surface area (Å²) in [5.41, 5.74) is 0.545. The molecule has 182 valence electrons. The van der Waals surface area contributed by atoms with Crippen LogP contribution in [0.2, 0.25) is 0 Å². The molecule has 0 radical (unpaired) electrons. The Kier molecular flexibility index (Phi) is 5.75. The van der Waals surface area contributed by atoms with Crippen molar-refractivity contribution in [2.24, 2.45) is 52.3 Å². The van der Waals surface area contributed by atoms with Gasteiger partial charge in [0.25, 0.3) is 0 Å². The Hall–Kier alpha value is -1.34. The van der Waals surface area contributed by atoms with E-state index in [2.05, 4.69) is 38.9 Å². The fourth-order valence-corrected chi connectivity index (χ4v) is 10.1. The van der Waals surface area contributed by atoms with Crippen molar-refractivity contribution in [3.63, 3.8) is 0 Å². The zero-order chi connectivity index (χ0) is 23.6. The summed E-state index contributed by atoms with van der Waals surface area (Å²) in [6.45, 7) is 12.6. The summed E-state index contributed by atoms with van der Waals surface area (Å²) in [4.78, 5) is 0. The molecular weight excluding hydrogens is 406 g/mol. The minimum Gasteiger partial charge on any atom is -0.388 e. The number of aromatic nitrogens is 2. The largest absolute Gasteiger partial charge is 0.388 e. The molecule has 0 saturated heterocycles. The lowest BCUT2D eigenvalue weighted by Gasteiger charge is -2.61. The van der Waals surface area contributed by atoms with E-state index in [1.54, 1.807) is 17.1 Å². The van der Waals surface area contributed by atoms with E-state index < -0.39 is 5.60 Å². The number of aliphatic hydroxyl groups is 1. The van der Waals surface area contributed by atoms with Gasteiger partial charge in [0.15, 0.2) is 0 Å². The Balaban J connectivity index is 1.36. The normalized spacial score (nSPS) is 46.5. The van der Waals surface area contributed by atoms with E-state index in [0.29, 0.717) is 23.4 Å². The maximum Gasteiger partial charge on any atom is 0.102 e. The highest BCUT2D eigenvalue weighted by Gasteiger charge is 2.62. The molecule has 4 aliphatic carbocycles. The first-order chi connectivity index (χ1) is 15.6. The van der Waals surface area contributed by atoms with Gasteiger partial charge in [-0.05, 0) is 111 Å². The average Bonchev–Trinajstić information content (AvgIpc) is 3.36. The van der Waals surface area contributed by atoms with Gasteiger partial charge in [0.1, 0.15) is 6.07 Å². The van der Waals surface area contributed by atoms with Crippen LogP contribution in [0.25, 0.3) is 0 Å². The predicted octanol–water partition coefficient (Wildman–Crippen LogP) is 6.44. The number of nitrogens with zero attached hydrogens (tertiary/aromatic N) is 3. The number of fused-ring (bicyclic) bond motifs is 5. The molecule has 1 aromatic heterocycles. The molecule has 8 unspecified atom stereocenters. The smallest absolute Gasteiger partial charge is 0.102 e. The van der Waals surface area contributed by atoms with Crippen LogP contribution >= 0.6 is 0 Å². The van der Waals surface area contributed by atoms with Gasteiger partial charge in [-0.3, -0.25) is 4.68 Å². The van der Waals surface area contributed by atoms with Crippen molar-refractivity contribution in [1.82, 2.24) is 9.78 Å². The number of hydrogen-bond donors (Lipinski definition) is 1. The fourth-order valence-electron chi connectivity index (χ4n) is 10.1. The maximum absolute atomic E-state index is 11.7. The Labute approximate surface area is 201 Å². The minimum atomic E-state index is -0.800. The van der Waals surface area contributed by atoms with Gasteiger partial charge >= 0.3 is 0 Å². The Morgan fingerprint density at radius 1 is 1.18 bits per heavy atom. The second-order valence-corrected chi connectivity index (χ2v) is 13.4. The molecule has 4 fully saturated rings. The van der Waals surface area contributed by atoms with E-state index in [1.165, 1.54) is 51.4 Å². The summed E-state index contributed by atoms with van der Waals surface area (Å²) in [5.74, 6) is 5.52. The number of hydrogen-bond acceptors (Lipinski definition) is 3. The van der Waals surface area contributed by atoms with Crippen molar-refractivity contribution in [3.8, 4) is 6.07 Å². The number of nitriles is 1. The summed E-state index contributed by atoms with van der Waals surface area (Å²) in [5, 5.41) is 25.2. The van der Waals surface area contributed by atoms with Crippen LogP contribution in [0.4, 0.5) is 0 Å². The third-order valence-corrected chi connectivity index (χ3v) is 11.6. The quantitative estimate of drug-likeness (QED) is 0.573. The lowest BCUT2D eigenvalue weighted by molar-refractivity contribution is -0.137. The van der Waals surface area contributed by atoms with Crippen molar-refractivity contribution in [2.75, 3.05) is 0 Å². The summed E-state index contributed by atoms with van der Waals surface area (Å²) in [7, 11) is 0. The van der Waals surface area contributed by atoms with Gasteiger partial charge in [-0.2, -0.15) is 10.4 Å². The Bertz CT molecular complexity index is 914. The van der Waals surface area contributed by atoms with Crippen LogP contribution in [0.5, 0.6) is 0 Å². The maximum atomic E-state index is 11.7. The third-order valence-electron chi connectivity index (χ3n) is 11.6. The SMILES string of the molecule is CCC1CC2C3CCC4(C)C(CCC4[C@@](C)(O)Cn4cc(C#N)cn4)C3CC[C@]2(C)CC1C. The van der Waals surface area contributed by atoms with Crippen LogP contribution in [-0.4, -0.2) is 20.5 Å². The van der Waals surface area contributed by atoms with Gasteiger partial charge in [0.2, 0.25) is 0 Å². The van der Waals surface area contributed by atoms with E-state index in [0.717, 1.165) is 41.9 Å². The molecular formula is C29H45N3O. The van der Waals surface area contributed by atoms with Gasteiger partial charge in [0, 0.05) is 6.20 Å². The topological polar surface area (TPSA) is 61.8 Å². The van der Waals surface area contributed by atoms with Crippen LogP contribution in [0.1, 0.15) is 98.0 Å². The first-order valence-electron chi connectivity index (χ1n) is 13.8. The van der Waals surface area contributed by atoms with Gasteiger partial charge < -0.3 is 5.11 Å². The molecule has 10 atom stereocenters. The highest BCUT2D eigenvalue weighted by atomic mass is 16.3. The zero-order valence-corrected chi connectivity index (χ0v) is 21.6. The Morgan fingerprint density at radius 2 is 1.91 bits per heavy atom. The lowest BCUT2D eigenvalue weighted by atomic mass is 9.44. The first-order valence-corrected chi connectivity index (χ1v) is 13.8. The zero-order valence-electron chi connectivity index (χ0n) is 21.6. The summed E-state index contributed by atoms with van der Waals surface area (Å²) in [6.07, 6.45) is 15.5. The molecule has 0 amide bonds. The lowest BCUT2D eigenvalue weighted by Crippen LogP contribution is -2.55. The molecule has 4 nitrogen and oxygen atoms in total. The van der Waals surface area contributed by atoms with Crippen LogP contribution in [0.3, 0.4) is 0 Å². The van der Waals surface area contributed by atoms with Crippen molar-refractivity contribution < 1.29 is 5.11 Å². The molecule has 1 N–H and O–H groups in total. The van der Waals surface area contributed by atoms with Crippen molar-refractivity contribution in [3.05, 3.63) is 18.0 Å². The summed E-state index contributed by atoms with van der Waals surface area (Å²) >= 11 is 0. The van der Waals surface area contributed by atoms with Crippen molar-refractivity contribution in [2.45, 2.75) is 105 Å². The molecule has 0 bridgehead atoms. The summed E-state index contributed by atoms with van der Waals surface area (Å²) in [6, 6.07) is 2.16. The molecule has 1 heterocycles. The van der Waals surface area contributed by atoms with E-state index in [1.807, 2.05) is 6.92 Å². The molecule has 0 spiro atoms. The van der Waals surface area contributed by atoms with Crippen LogP contribution in [0, 0.1) is 63.6 Å². The standard InChI is InChI=1S/C29H45N3O/c1-6-21-13-25-23-10-12-28(4)24(22(23)9-11-27(25,3)14-19(21)2)7-8-26(28)29(5,33)18-32-17-20(15-30)16-31-32/h16-17,19,21-26,33H,6-14,18H2,1-5H3/t19?,21?,22?,23?,24?,25?,26?,27-,28?,29+/m1/s1. The van der Waals surface area contributed by atoms with E-state index >= 15 is 0 Å². The van der Waals surface area contributed by atoms with Crippen LogP contribution < -0.4 is 0 Å². The van der Waals surface area contributed by atoms with E-state index in [4.69, 9.17) is 5.26 Å². The third kappa shape index (κ3) is 3.69.